The lowest BCUT2D eigenvalue weighted by molar-refractivity contribution is 0.215. The van der Waals surface area contributed by atoms with Gasteiger partial charge in [-0.05, 0) is 31.2 Å². The molecule has 1 N–H and O–H groups in total. The minimum absolute atomic E-state index is 0.598. The highest BCUT2D eigenvalue weighted by atomic mass is 32.1. The van der Waals surface area contributed by atoms with Crippen LogP contribution in [0.4, 0.5) is 5.69 Å². The lowest BCUT2D eigenvalue weighted by Gasteiger charge is -2.10. The maximum absolute atomic E-state index is 5.38. The number of hydrogen-bond donors (Lipinski definition) is 1. The van der Waals surface area contributed by atoms with Gasteiger partial charge in [0.2, 0.25) is 0 Å². The molecule has 0 radical (unpaired) electrons. The van der Waals surface area contributed by atoms with E-state index >= 15 is 0 Å². The number of anilines is 1. The third-order valence-electron chi connectivity index (χ3n) is 2.89. The van der Waals surface area contributed by atoms with Crippen LogP contribution in [0.2, 0.25) is 0 Å². The topological polar surface area (TPSA) is 56.0 Å². The number of hydrogen-bond acceptors (Lipinski definition) is 5. The zero-order valence-electron chi connectivity index (χ0n) is 12.0. The largest absolute Gasteiger partial charge is 0.496 e. The average Bonchev–Trinajstić information content (AvgIpc) is 2.91. The average molecular weight is 304 g/mol. The van der Waals surface area contributed by atoms with E-state index in [2.05, 4.69) is 10.5 Å². The summed E-state index contributed by atoms with van der Waals surface area (Å²) in [5.74, 6) is 1.48. The van der Waals surface area contributed by atoms with Gasteiger partial charge in [-0.15, -0.1) is 0 Å². The Labute approximate surface area is 128 Å². The van der Waals surface area contributed by atoms with Gasteiger partial charge in [0.25, 0.3) is 0 Å². The first kappa shape index (κ1) is 15.1. The molecular weight excluding hydrogens is 288 g/mol. The van der Waals surface area contributed by atoms with Gasteiger partial charge in [-0.1, -0.05) is 17.4 Å². The van der Waals surface area contributed by atoms with Gasteiger partial charge in [0.1, 0.15) is 23.6 Å². The highest BCUT2D eigenvalue weighted by molar-refractivity contribution is 7.81. The molecule has 0 aliphatic heterocycles. The molecule has 0 aliphatic carbocycles. The number of aryl methyl sites for hydroxylation is 1. The first-order valence-corrected chi connectivity index (χ1v) is 6.66. The molecule has 2 rings (SSSR count). The molecule has 0 saturated heterocycles. The minimum atomic E-state index is 0.598. The number of nitrogens with zero attached hydrogens (tertiary/aromatic N) is 1. The molecule has 0 unspecified atom stereocenters. The molecule has 1 aromatic carbocycles. The molecule has 110 valence electrons. The second-order valence-corrected chi connectivity index (χ2v) is 4.63. The Morgan fingerprint density at radius 1 is 1.33 bits per heavy atom. The summed E-state index contributed by atoms with van der Waals surface area (Å²) in [4.78, 5) is 5.29. The standard InChI is InChI=1S/C15H16N2O3S/c1-10-13(6-7-20-10)15(21)17-12-4-5-14(18-2)11(8-12)9-16-19-3/h4-9H,1-3H3,(H,17,21)/b16-9+. The van der Waals surface area contributed by atoms with Crippen molar-refractivity contribution in [2.24, 2.45) is 5.16 Å². The van der Waals surface area contributed by atoms with E-state index in [9.17, 15) is 0 Å². The molecule has 1 aromatic heterocycles. The molecular formula is C15H16N2O3S. The molecule has 0 aliphatic rings. The Kier molecular flexibility index (Phi) is 4.94. The number of methoxy groups -OCH3 is 1. The Morgan fingerprint density at radius 3 is 2.76 bits per heavy atom. The molecule has 2 aromatic rings. The Hall–Kier alpha value is -2.34. The highest BCUT2D eigenvalue weighted by Gasteiger charge is 2.09. The van der Waals surface area contributed by atoms with Gasteiger partial charge in [-0.3, -0.25) is 0 Å². The van der Waals surface area contributed by atoms with E-state index in [1.807, 2.05) is 31.2 Å². The number of rotatable bonds is 5. The second-order valence-electron chi connectivity index (χ2n) is 4.22. The molecule has 0 spiro atoms. The molecule has 5 nitrogen and oxygen atoms in total. The fourth-order valence-corrected chi connectivity index (χ4v) is 2.17. The van der Waals surface area contributed by atoms with Gasteiger partial charge in [0, 0.05) is 11.3 Å². The lowest BCUT2D eigenvalue weighted by atomic mass is 10.2. The van der Waals surface area contributed by atoms with Gasteiger partial charge in [-0.2, -0.15) is 0 Å². The van der Waals surface area contributed by atoms with E-state index in [-0.39, 0.29) is 0 Å². The molecule has 0 fully saturated rings. The first-order valence-electron chi connectivity index (χ1n) is 6.25. The third kappa shape index (κ3) is 3.61. The molecule has 0 atom stereocenters. The van der Waals surface area contributed by atoms with Crippen molar-refractivity contribution in [3.63, 3.8) is 0 Å². The molecule has 0 amide bonds. The lowest BCUT2D eigenvalue weighted by Crippen LogP contribution is -2.11. The number of furan rings is 1. The number of thiocarbonyl (C=S) groups is 1. The van der Waals surface area contributed by atoms with E-state index in [1.54, 1.807) is 19.6 Å². The smallest absolute Gasteiger partial charge is 0.127 e. The summed E-state index contributed by atoms with van der Waals surface area (Å²) in [5, 5.41) is 6.92. The number of nitrogens with one attached hydrogen (secondary N) is 1. The van der Waals surface area contributed by atoms with Crippen LogP contribution >= 0.6 is 12.2 Å². The summed E-state index contributed by atoms with van der Waals surface area (Å²) < 4.78 is 10.5. The Bertz CT molecular complexity index is 665. The minimum Gasteiger partial charge on any atom is -0.496 e. The summed E-state index contributed by atoms with van der Waals surface area (Å²) in [6.45, 7) is 1.87. The normalized spacial score (nSPS) is 10.6. The van der Waals surface area contributed by atoms with Gasteiger partial charge in [0.05, 0.1) is 25.2 Å². The zero-order chi connectivity index (χ0) is 15.2. The van der Waals surface area contributed by atoms with Crippen molar-refractivity contribution < 1.29 is 14.0 Å². The number of oxime groups is 1. The van der Waals surface area contributed by atoms with E-state index in [0.29, 0.717) is 10.7 Å². The summed E-state index contributed by atoms with van der Waals surface area (Å²) in [6.07, 6.45) is 3.19. The van der Waals surface area contributed by atoms with Gasteiger partial charge in [0.15, 0.2) is 0 Å². The van der Waals surface area contributed by atoms with Crippen LogP contribution in [0.1, 0.15) is 16.9 Å². The van der Waals surface area contributed by atoms with E-state index in [1.165, 1.54) is 7.11 Å². The van der Waals surface area contributed by atoms with Crippen molar-refractivity contribution in [1.29, 1.82) is 0 Å². The molecule has 0 saturated carbocycles. The maximum atomic E-state index is 5.38. The van der Waals surface area contributed by atoms with Crippen LogP contribution in [0.3, 0.4) is 0 Å². The van der Waals surface area contributed by atoms with Gasteiger partial charge in [-0.25, -0.2) is 0 Å². The Morgan fingerprint density at radius 2 is 2.14 bits per heavy atom. The van der Waals surface area contributed by atoms with Gasteiger partial charge >= 0.3 is 0 Å². The van der Waals surface area contributed by atoms with Crippen LogP contribution in [0.25, 0.3) is 0 Å². The van der Waals surface area contributed by atoms with Crippen molar-refractivity contribution in [3.8, 4) is 5.75 Å². The van der Waals surface area contributed by atoms with Crippen molar-refractivity contribution >= 4 is 29.1 Å². The van der Waals surface area contributed by atoms with E-state index < -0.39 is 0 Å². The number of ether oxygens (including phenoxy) is 1. The molecule has 1 heterocycles. The van der Waals surface area contributed by atoms with Crippen molar-refractivity contribution in [3.05, 3.63) is 47.4 Å². The zero-order valence-corrected chi connectivity index (χ0v) is 12.9. The fraction of sp³-hybridized carbons (Fsp3) is 0.200. The Balaban J connectivity index is 2.23. The SMILES string of the molecule is CO/N=C/c1cc(NC(=S)c2ccoc2C)ccc1OC. The molecule has 21 heavy (non-hydrogen) atoms. The third-order valence-corrected chi connectivity index (χ3v) is 3.21. The second kappa shape index (κ2) is 6.90. The van der Waals surface area contributed by atoms with Gasteiger partial charge < -0.3 is 19.3 Å². The predicted molar refractivity (Wildman–Crippen MR) is 86.4 cm³/mol. The monoisotopic (exact) mass is 304 g/mol. The fourth-order valence-electron chi connectivity index (χ4n) is 1.84. The highest BCUT2D eigenvalue weighted by Crippen LogP contribution is 2.22. The number of benzene rings is 1. The summed E-state index contributed by atoms with van der Waals surface area (Å²) in [7, 11) is 3.09. The van der Waals surface area contributed by atoms with Crippen molar-refractivity contribution in [1.82, 2.24) is 0 Å². The van der Waals surface area contributed by atoms with Crippen LogP contribution in [0.5, 0.6) is 5.75 Å². The van der Waals surface area contributed by atoms with Crippen LogP contribution in [0.15, 0.2) is 40.1 Å². The van der Waals surface area contributed by atoms with E-state index in [0.717, 1.165) is 22.6 Å². The van der Waals surface area contributed by atoms with Crippen LogP contribution in [-0.2, 0) is 4.84 Å². The van der Waals surface area contributed by atoms with Crippen molar-refractivity contribution in [2.45, 2.75) is 6.92 Å². The van der Waals surface area contributed by atoms with Crippen molar-refractivity contribution in [2.75, 3.05) is 19.5 Å². The summed E-state index contributed by atoms with van der Waals surface area (Å²) in [6, 6.07) is 7.43. The predicted octanol–water partition coefficient (Wildman–Crippen LogP) is 3.36. The van der Waals surface area contributed by atoms with Crippen LogP contribution < -0.4 is 10.1 Å². The first-order chi connectivity index (χ1) is 10.2. The quantitative estimate of drug-likeness (QED) is 0.521. The van der Waals surface area contributed by atoms with E-state index in [4.69, 9.17) is 26.2 Å². The molecule has 0 bridgehead atoms. The maximum Gasteiger partial charge on any atom is 0.127 e. The summed E-state index contributed by atoms with van der Waals surface area (Å²) in [5.41, 5.74) is 2.49. The van der Waals surface area contributed by atoms with Crippen LogP contribution in [0, 0.1) is 6.92 Å². The van der Waals surface area contributed by atoms with Crippen LogP contribution in [-0.4, -0.2) is 25.4 Å². The summed E-state index contributed by atoms with van der Waals surface area (Å²) >= 11 is 5.38. The molecule has 6 heteroatoms.